The number of benzene rings is 1. The first-order valence-corrected chi connectivity index (χ1v) is 7.01. The van der Waals surface area contributed by atoms with Gasteiger partial charge in [-0.3, -0.25) is 0 Å². The summed E-state index contributed by atoms with van der Waals surface area (Å²) in [7, 11) is 1.58. The Balaban J connectivity index is 2.05. The van der Waals surface area contributed by atoms with Gasteiger partial charge < -0.3 is 25.2 Å². The fourth-order valence-electron chi connectivity index (χ4n) is 2.58. The van der Waals surface area contributed by atoms with Crippen molar-refractivity contribution < 1.29 is 19.7 Å². The van der Waals surface area contributed by atoms with Gasteiger partial charge in [-0.2, -0.15) is 0 Å². The highest BCUT2D eigenvalue weighted by Crippen LogP contribution is 2.25. The van der Waals surface area contributed by atoms with E-state index in [0.29, 0.717) is 24.5 Å². The molecule has 1 heterocycles. The van der Waals surface area contributed by atoms with Crippen molar-refractivity contribution in [1.82, 2.24) is 4.90 Å². The summed E-state index contributed by atoms with van der Waals surface area (Å²) >= 11 is 0. The van der Waals surface area contributed by atoms with Crippen molar-refractivity contribution in [2.24, 2.45) is 11.8 Å². The van der Waals surface area contributed by atoms with Crippen LogP contribution in [0.4, 0.5) is 10.5 Å². The van der Waals surface area contributed by atoms with E-state index in [9.17, 15) is 15.0 Å². The van der Waals surface area contributed by atoms with Crippen LogP contribution in [0.5, 0.6) is 5.75 Å². The van der Waals surface area contributed by atoms with Crippen LogP contribution >= 0.6 is 0 Å². The SMILES string of the molecule is COc1ccc(C)c(NC(=O)N2C[C@@H](CO)[C@H](CO)C2)c1. The molecule has 0 radical (unpaired) electrons. The third kappa shape index (κ3) is 3.46. The summed E-state index contributed by atoms with van der Waals surface area (Å²) in [5.41, 5.74) is 1.65. The Labute approximate surface area is 124 Å². The van der Waals surface area contributed by atoms with E-state index in [4.69, 9.17) is 4.74 Å². The number of aryl methyl sites for hydroxylation is 1. The zero-order chi connectivity index (χ0) is 15.4. The number of carbonyl (C=O) groups is 1. The number of nitrogens with zero attached hydrogens (tertiary/aromatic N) is 1. The number of aliphatic hydroxyl groups is 2. The van der Waals surface area contributed by atoms with Gasteiger partial charge in [0.1, 0.15) is 5.75 Å². The summed E-state index contributed by atoms with van der Waals surface area (Å²) in [5, 5.41) is 21.4. The van der Waals surface area contributed by atoms with Crippen molar-refractivity contribution in [2.45, 2.75) is 6.92 Å². The second-order valence-electron chi connectivity index (χ2n) is 5.40. The van der Waals surface area contributed by atoms with Crippen molar-refractivity contribution in [1.29, 1.82) is 0 Å². The Morgan fingerprint density at radius 1 is 1.33 bits per heavy atom. The minimum atomic E-state index is -0.222. The number of methoxy groups -OCH3 is 1. The van der Waals surface area contributed by atoms with Gasteiger partial charge in [0.05, 0.1) is 7.11 Å². The van der Waals surface area contributed by atoms with Gasteiger partial charge in [-0.05, 0) is 18.6 Å². The lowest BCUT2D eigenvalue weighted by Gasteiger charge is -2.18. The molecule has 0 aromatic heterocycles. The van der Waals surface area contributed by atoms with Crippen LogP contribution in [-0.4, -0.2) is 54.6 Å². The molecule has 0 aliphatic carbocycles. The summed E-state index contributed by atoms with van der Waals surface area (Å²) in [5.74, 6) is 0.554. The van der Waals surface area contributed by atoms with E-state index >= 15 is 0 Å². The molecule has 2 atom stereocenters. The summed E-state index contributed by atoms with van der Waals surface area (Å²) in [6.07, 6.45) is 0. The number of rotatable bonds is 4. The summed E-state index contributed by atoms with van der Waals surface area (Å²) in [4.78, 5) is 13.9. The first-order valence-electron chi connectivity index (χ1n) is 7.01. The maximum absolute atomic E-state index is 12.3. The highest BCUT2D eigenvalue weighted by atomic mass is 16.5. The lowest BCUT2D eigenvalue weighted by atomic mass is 9.98. The molecule has 0 bridgehead atoms. The number of likely N-dealkylation sites (tertiary alicyclic amines) is 1. The molecular formula is C15H22N2O4. The van der Waals surface area contributed by atoms with Gasteiger partial charge in [0.15, 0.2) is 0 Å². The van der Waals surface area contributed by atoms with Crippen molar-refractivity contribution in [3.05, 3.63) is 23.8 Å². The normalized spacial score (nSPS) is 21.4. The lowest BCUT2D eigenvalue weighted by molar-refractivity contribution is 0.152. The molecule has 0 spiro atoms. The highest BCUT2D eigenvalue weighted by Gasteiger charge is 2.34. The number of ether oxygens (including phenoxy) is 1. The average Bonchev–Trinajstić information content (AvgIpc) is 2.92. The van der Waals surface area contributed by atoms with Gasteiger partial charge in [0.25, 0.3) is 0 Å². The second-order valence-corrected chi connectivity index (χ2v) is 5.40. The molecule has 1 aliphatic heterocycles. The van der Waals surface area contributed by atoms with Crippen molar-refractivity contribution in [3.8, 4) is 5.75 Å². The number of anilines is 1. The number of urea groups is 1. The summed E-state index contributed by atoms with van der Waals surface area (Å²) < 4.78 is 5.15. The van der Waals surface area contributed by atoms with Gasteiger partial charge >= 0.3 is 6.03 Å². The molecule has 1 fully saturated rings. The molecule has 1 aromatic carbocycles. The predicted octanol–water partition coefficient (Wildman–Crippen LogP) is 1.07. The molecule has 1 aliphatic rings. The van der Waals surface area contributed by atoms with Crippen LogP contribution < -0.4 is 10.1 Å². The molecule has 0 saturated carbocycles. The van der Waals surface area contributed by atoms with Crippen LogP contribution in [0.1, 0.15) is 5.56 Å². The number of hydrogen-bond acceptors (Lipinski definition) is 4. The largest absolute Gasteiger partial charge is 0.497 e. The van der Waals surface area contributed by atoms with E-state index in [-0.39, 0.29) is 31.1 Å². The second kappa shape index (κ2) is 6.78. The van der Waals surface area contributed by atoms with Gasteiger partial charge in [-0.1, -0.05) is 6.07 Å². The Hall–Kier alpha value is -1.79. The van der Waals surface area contributed by atoms with Gasteiger partial charge in [0, 0.05) is 49.9 Å². The Morgan fingerprint density at radius 2 is 1.95 bits per heavy atom. The minimum Gasteiger partial charge on any atom is -0.497 e. The van der Waals surface area contributed by atoms with Crippen LogP contribution in [-0.2, 0) is 0 Å². The minimum absolute atomic E-state index is 0.0206. The van der Waals surface area contributed by atoms with E-state index < -0.39 is 0 Å². The lowest BCUT2D eigenvalue weighted by Crippen LogP contribution is -2.33. The van der Waals surface area contributed by atoms with Crippen LogP contribution in [0.2, 0.25) is 0 Å². The molecule has 2 rings (SSSR count). The molecule has 6 heteroatoms. The fraction of sp³-hybridized carbons (Fsp3) is 0.533. The molecule has 3 N–H and O–H groups in total. The Bertz CT molecular complexity index is 494. The first-order chi connectivity index (χ1) is 10.1. The molecular weight excluding hydrogens is 272 g/mol. The topological polar surface area (TPSA) is 82.0 Å². The van der Waals surface area contributed by atoms with E-state index in [2.05, 4.69) is 5.32 Å². The quantitative estimate of drug-likeness (QED) is 0.776. The van der Waals surface area contributed by atoms with E-state index in [1.807, 2.05) is 19.1 Å². The summed E-state index contributed by atoms with van der Waals surface area (Å²) in [6, 6.07) is 5.27. The van der Waals surface area contributed by atoms with Gasteiger partial charge in [0.2, 0.25) is 0 Å². The zero-order valence-electron chi connectivity index (χ0n) is 12.4. The van der Waals surface area contributed by atoms with Crippen LogP contribution in [0.15, 0.2) is 18.2 Å². The number of aliphatic hydroxyl groups excluding tert-OH is 2. The first kappa shape index (κ1) is 15.6. The van der Waals surface area contributed by atoms with Gasteiger partial charge in [-0.15, -0.1) is 0 Å². The predicted molar refractivity (Wildman–Crippen MR) is 79.5 cm³/mol. The van der Waals surface area contributed by atoms with Crippen molar-refractivity contribution >= 4 is 11.7 Å². The van der Waals surface area contributed by atoms with E-state index in [1.165, 1.54) is 0 Å². The molecule has 21 heavy (non-hydrogen) atoms. The number of amides is 2. The standard InChI is InChI=1S/C15H22N2O4/c1-10-3-4-13(21-2)5-14(10)16-15(20)17-6-11(8-18)12(7-17)9-19/h3-5,11-12,18-19H,6-9H2,1-2H3,(H,16,20)/t11-,12-/m0/s1. The monoisotopic (exact) mass is 294 g/mol. The molecule has 1 aromatic rings. The maximum atomic E-state index is 12.3. The molecule has 6 nitrogen and oxygen atoms in total. The van der Waals surface area contributed by atoms with Crippen LogP contribution in [0, 0.1) is 18.8 Å². The average molecular weight is 294 g/mol. The van der Waals surface area contributed by atoms with Crippen molar-refractivity contribution in [3.63, 3.8) is 0 Å². The maximum Gasteiger partial charge on any atom is 0.321 e. The van der Waals surface area contributed by atoms with Crippen LogP contribution in [0.25, 0.3) is 0 Å². The molecule has 2 amide bonds. The zero-order valence-corrected chi connectivity index (χ0v) is 12.4. The molecule has 0 unspecified atom stereocenters. The highest BCUT2D eigenvalue weighted by molar-refractivity contribution is 5.90. The Morgan fingerprint density at radius 3 is 2.48 bits per heavy atom. The molecule has 1 saturated heterocycles. The van der Waals surface area contributed by atoms with Gasteiger partial charge in [-0.25, -0.2) is 4.79 Å². The smallest absolute Gasteiger partial charge is 0.321 e. The van der Waals surface area contributed by atoms with Crippen molar-refractivity contribution in [2.75, 3.05) is 38.7 Å². The molecule has 116 valence electrons. The number of carbonyl (C=O) groups excluding carboxylic acids is 1. The van der Waals surface area contributed by atoms with Crippen LogP contribution in [0.3, 0.4) is 0 Å². The number of hydrogen-bond donors (Lipinski definition) is 3. The number of nitrogens with one attached hydrogen (secondary N) is 1. The van der Waals surface area contributed by atoms with E-state index in [0.717, 1.165) is 5.56 Å². The van der Waals surface area contributed by atoms with E-state index in [1.54, 1.807) is 18.1 Å². The third-order valence-corrected chi connectivity index (χ3v) is 4.02. The third-order valence-electron chi connectivity index (χ3n) is 4.02. The Kier molecular flexibility index (Phi) is 5.03. The fourth-order valence-corrected chi connectivity index (χ4v) is 2.58. The summed E-state index contributed by atoms with van der Waals surface area (Å²) in [6.45, 7) is 2.78.